The fourth-order valence-corrected chi connectivity index (χ4v) is 7.02. The van der Waals surface area contributed by atoms with Gasteiger partial charge < -0.3 is 20.1 Å². The monoisotopic (exact) mass is 574 g/mol. The minimum absolute atomic E-state index is 0.0197. The van der Waals surface area contributed by atoms with E-state index in [0.29, 0.717) is 40.5 Å². The Morgan fingerprint density at radius 3 is 2.48 bits per heavy atom. The Labute approximate surface area is 246 Å². The lowest BCUT2D eigenvalue weighted by Gasteiger charge is -2.38. The summed E-state index contributed by atoms with van der Waals surface area (Å²) in [6, 6.07) is 7.20. The molecule has 2 N–H and O–H groups in total. The topological polar surface area (TPSA) is 83.8 Å². The van der Waals surface area contributed by atoms with Crippen molar-refractivity contribution in [1.82, 2.24) is 34.7 Å². The third-order valence-electron chi connectivity index (χ3n) is 9.06. The van der Waals surface area contributed by atoms with Crippen LogP contribution in [0.5, 0.6) is 0 Å². The second-order valence-electron chi connectivity index (χ2n) is 12.0. The van der Waals surface area contributed by atoms with Crippen LogP contribution < -0.4 is 10.6 Å². The molecule has 10 heteroatoms. The summed E-state index contributed by atoms with van der Waals surface area (Å²) in [5.41, 5.74) is 2.49. The maximum Gasteiger partial charge on any atom is 0.229 e. The van der Waals surface area contributed by atoms with Gasteiger partial charge in [-0.15, -0.1) is 0 Å². The molecule has 2 aliphatic heterocycles. The molecule has 0 bridgehead atoms. The first-order chi connectivity index (χ1) is 20.3. The molecule has 0 aliphatic carbocycles. The summed E-state index contributed by atoms with van der Waals surface area (Å²) >= 11 is 0. The summed E-state index contributed by atoms with van der Waals surface area (Å²) in [7, 11) is 0. The minimum atomic E-state index is -0.628. The van der Waals surface area contributed by atoms with Crippen molar-refractivity contribution in [3.8, 4) is 11.3 Å². The molecule has 1 aromatic carbocycles. The molecule has 8 nitrogen and oxygen atoms in total. The molecule has 2 unspecified atom stereocenters. The number of hydrogen-bond donors (Lipinski definition) is 2. The van der Waals surface area contributed by atoms with Crippen molar-refractivity contribution in [2.75, 3.05) is 38.0 Å². The molecular weight excluding hydrogens is 534 g/mol. The molecule has 0 spiro atoms. The number of hydrogen-bond acceptors (Lipinski definition) is 7. The van der Waals surface area contributed by atoms with Gasteiger partial charge in [0.1, 0.15) is 22.9 Å². The van der Waals surface area contributed by atoms with Gasteiger partial charge in [0.05, 0.1) is 11.7 Å². The highest BCUT2D eigenvalue weighted by atomic mass is 19.1. The number of nitrogens with zero attached hydrogens (tertiary/aromatic N) is 6. The lowest BCUT2D eigenvalue weighted by molar-refractivity contribution is 0.157. The third kappa shape index (κ3) is 5.62. The number of benzene rings is 1. The van der Waals surface area contributed by atoms with Gasteiger partial charge in [-0.05, 0) is 114 Å². The SMILES string of the molecule is CCN1CCC(C(c2ccc(Nc3ncc(F)c(-c4cc(F)c5nc(C)n(C(C)C)c5c4)n3)nc2)C2CCNC2)CC1. The standard InChI is InChI=1S/C32H40F2N8/c1-5-41-12-9-21(10-13-41)29(23-8-11-35-16-23)22-6-7-28(36-17-22)39-32-37-18-26(34)30(40-32)24-14-25(33)31-27(15-24)42(19(2)3)20(4)38-31/h6-7,14-15,17-19,21,23,29,35H,5,8-13,16H2,1-4H3,(H,36,37,39,40). The molecule has 2 aliphatic rings. The largest absolute Gasteiger partial charge is 0.326 e. The maximum atomic E-state index is 15.1. The van der Waals surface area contributed by atoms with Gasteiger partial charge in [0.15, 0.2) is 11.6 Å². The molecule has 42 heavy (non-hydrogen) atoms. The molecule has 6 rings (SSSR count). The molecule has 2 fully saturated rings. The van der Waals surface area contributed by atoms with E-state index in [9.17, 15) is 4.39 Å². The number of aryl methyl sites for hydroxylation is 1. The van der Waals surface area contributed by atoms with E-state index in [-0.39, 0.29) is 23.2 Å². The number of piperidine rings is 1. The van der Waals surface area contributed by atoms with Gasteiger partial charge >= 0.3 is 0 Å². The number of nitrogens with one attached hydrogen (secondary N) is 2. The first-order valence-electron chi connectivity index (χ1n) is 15.2. The molecule has 5 heterocycles. The Hall–Kier alpha value is -3.50. The van der Waals surface area contributed by atoms with E-state index in [2.05, 4.69) is 43.5 Å². The highest BCUT2D eigenvalue weighted by molar-refractivity contribution is 5.83. The second kappa shape index (κ2) is 12.0. The van der Waals surface area contributed by atoms with Gasteiger partial charge in [-0.3, -0.25) is 0 Å². The van der Waals surface area contributed by atoms with Gasteiger partial charge in [-0.2, -0.15) is 0 Å². The zero-order valence-electron chi connectivity index (χ0n) is 24.9. The highest BCUT2D eigenvalue weighted by Crippen LogP contribution is 2.40. The van der Waals surface area contributed by atoms with Crippen molar-refractivity contribution in [3.05, 3.63) is 59.7 Å². The Morgan fingerprint density at radius 1 is 1.00 bits per heavy atom. The van der Waals surface area contributed by atoms with E-state index in [1.54, 1.807) is 6.07 Å². The predicted octanol–water partition coefficient (Wildman–Crippen LogP) is 6.22. The van der Waals surface area contributed by atoms with Gasteiger partial charge in [0.2, 0.25) is 5.95 Å². The van der Waals surface area contributed by atoms with Crippen molar-refractivity contribution in [2.24, 2.45) is 11.8 Å². The molecule has 222 valence electrons. The van der Waals surface area contributed by atoms with E-state index in [0.717, 1.165) is 38.9 Å². The second-order valence-corrected chi connectivity index (χ2v) is 12.0. The van der Waals surface area contributed by atoms with Crippen LogP contribution in [0.3, 0.4) is 0 Å². The summed E-state index contributed by atoms with van der Waals surface area (Å²) < 4.78 is 32.0. The van der Waals surface area contributed by atoms with Crippen molar-refractivity contribution < 1.29 is 8.78 Å². The zero-order chi connectivity index (χ0) is 29.4. The van der Waals surface area contributed by atoms with Crippen LogP contribution in [0.4, 0.5) is 20.5 Å². The number of aromatic nitrogens is 5. The quantitative estimate of drug-likeness (QED) is 0.258. The smallest absolute Gasteiger partial charge is 0.229 e. The van der Waals surface area contributed by atoms with Gasteiger partial charge in [0, 0.05) is 17.8 Å². The maximum absolute atomic E-state index is 15.1. The summed E-state index contributed by atoms with van der Waals surface area (Å²) in [6.45, 7) is 13.6. The zero-order valence-corrected chi connectivity index (χ0v) is 24.9. The Balaban J connectivity index is 1.25. The van der Waals surface area contributed by atoms with Gasteiger partial charge in [-0.25, -0.2) is 28.7 Å². The lowest BCUT2D eigenvalue weighted by atomic mass is 9.73. The molecule has 4 aromatic rings. The summed E-state index contributed by atoms with van der Waals surface area (Å²) in [4.78, 5) is 20.2. The number of fused-ring (bicyclic) bond motifs is 1. The summed E-state index contributed by atoms with van der Waals surface area (Å²) in [5, 5.41) is 6.68. The molecule has 3 aromatic heterocycles. The molecular formula is C32H40F2N8. The molecule has 0 saturated carbocycles. The van der Waals surface area contributed by atoms with Crippen LogP contribution in [0.2, 0.25) is 0 Å². The van der Waals surface area contributed by atoms with Crippen LogP contribution in [-0.4, -0.2) is 62.1 Å². The highest BCUT2D eigenvalue weighted by Gasteiger charge is 2.34. The lowest BCUT2D eigenvalue weighted by Crippen LogP contribution is -2.37. The number of halogens is 2. The number of likely N-dealkylation sites (tertiary alicyclic amines) is 1. The average Bonchev–Trinajstić information content (AvgIpc) is 3.63. The van der Waals surface area contributed by atoms with E-state index >= 15 is 4.39 Å². The number of imidazole rings is 1. The van der Waals surface area contributed by atoms with Crippen molar-refractivity contribution in [1.29, 1.82) is 0 Å². The number of pyridine rings is 1. The predicted molar refractivity (Wildman–Crippen MR) is 162 cm³/mol. The van der Waals surface area contributed by atoms with E-state index in [1.807, 2.05) is 37.6 Å². The van der Waals surface area contributed by atoms with E-state index in [4.69, 9.17) is 4.98 Å². The van der Waals surface area contributed by atoms with Crippen LogP contribution in [0, 0.1) is 30.4 Å². The molecule has 0 amide bonds. The molecule has 2 saturated heterocycles. The molecule has 2 atom stereocenters. The van der Waals surface area contributed by atoms with Crippen LogP contribution in [-0.2, 0) is 0 Å². The summed E-state index contributed by atoms with van der Waals surface area (Å²) in [6.07, 6.45) is 6.70. The normalized spacial score (nSPS) is 19.2. The Morgan fingerprint density at radius 2 is 1.81 bits per heavy atom. The fraction of sp³-hybridized carbons (Fsp3) is 0.500. The Bertz CT molecular complexity index is 1540. The minimum Gasteiger partial charge on any atom is -0.326 e. The molecule has 0 radical (unpaired) electrons. The van der Waals surface area contributed by atoms with Crippen LogP contribution in [0.25, 0.3) is 22.3 Å². The van der Waals surface area contributed by atoms with Crippen LogP contribution >= 0.6 is 0 Å². The van der Waals surface area contributed by atoms with Crippen molar-refractivity contribution >= 4 is 22.8 Å². The van der Waals surface area contributed by atoms with Crippen molar-refractivity contribution in [2.45, 2.75) is 58.9 Å². The van der Waals surface area contributed by atoms with Gasteiger partial charge in [0.25, 0.3) is 0 Å². The van der Waals surface area contributed by atoms with E-state index < -0.39 is 11.6 Å². The first kappa shape index (κ1) is 28.6. The van der Waals surface area contributed by atoms with Gasteiger partial charge in [-0.1, -0.05) is 13.0 Å². The van der Waals surface area contributed by atoms with Crippen LogP contribution in [0.15, 0.2) is 36.7 Å². The fourth-order valence-electron chi connectivity index (χ4n) is 7.02. The third-order valence-corrected chi connectivity index (χ3v) is 9.06. The summed E-state index contributed by atoms with van der Waals surface area (Å²) in [5.74, 6) is 2.07. The van der Waals surface area contributed by atoms with Crippen LogP contribution in [0.1, 0.15) is 63.4 Å². The first-order valence-corrected chi connectivity index (χ1v) is 15.2. The van der Waals surface area contributed by atoms with E-state index in [1.165, 1.54) is 30.9 Å². The van der Waals surface area contributed by atoms with Crippen molar-refractivity contribution in [3.63, 3.8) is 0 Å². The Kier molecular flexibility index (Phi) is 8.18. The average molecular weight is 575 g/mol. The number of anilines is 2. The number of rotatable bonds is 8.